The Balaban J connectivity index is 2.02. The maximum atomic E-state index is 12.5. The van der Waals surface area contributed by atoms with Gasteiger partial charge in [0.15, 0.2) is 0 Å². The predicted octanol–water partition coefficient (Wildman–Crippen LogP) is 3.90. The number of rotatable bonds is 5. The fourth-order valence-corrected chi connectivity index (χ4v) is 2.92. The summed E-state index contributed by atoms with van der Waals surface area (Å²) in [5.74, 6) is 0.697. The van der Waals surface area contributed by atoms with Crippen molar-refractivity contribution in [2.24, 2.45) is 5.92 Å². The Morgan fingerprint density at radius 3 is 2.55 bits per heavy atom. The molecule has 0 spiro atoms. The molecule has 20 heavy (non-hydrogen) atoms. The van der Waals surface area contributed by atoms with E-state index < -0.39 is 0 Å². The molecule has 1 aliphatic carbocycles. The number of anilines is 1. The summed E-state index contributed by atoms with van der Waals surface area (Å²) in [6, 6.07) is 11.8. The first-order chi connectivity index (χ1) is 9.81. The molecule has 2 rings (SSSR count). The molecule has 106 valence electrons. The van der Waals surface area contributed by atoms with Crippen molar-refractivity contribution in [2.45, 2.75) is 44.9 Å². The predicted molar refractivity (Wildman–Crippen MR) is 80.2 cm³/mol. The van der Waals surface area contributed by atoms with Crippen molar-refractivity contribution in [3.05, 3.63) is 30.3 Å². The van der Waals surface area contributed by atoms with Gasteiger partial charge in [-0.05, 0) is 30.9 Å². The first kappa shape index (κ1) is 14.6. The minimum Gasteiger partial charge on any atom is -0.311 e. The van der Waals surface area contributed by atoms with Crippen LogP contribution in [-0.4, -0.2) is 12.5 Å². The van der Waals surface area contributed by atoms with E-state index in [0.29, 0.717) is 25.3 Å². The molecular weight excluding hydrogens is 248 g/mol. The smallest absolute Gasteiger partial charge is 0.227 e. The summed E-state index contributed by atoms with van der Waals surface area (Å²) in [7, 11) is 0. The second kappa shape index (κ2) is 7.69. The zero-order chi connectivity index (χ0) is 14.2. The van der Waals surface area contributed by atoms with E-state index in [1.807, 2.05) is 30.3 Å². The van der Waals surface area contributed by atoms with Crippen molar-refractivity contribution in [3.8, 4) is 6.07 Å². The molecule has 1 saturated carbocycles. The lowest BCUT2D eigenvalue weighted by molar-refractivity contribution is -0.119. The molecule has 0 N–H and O–H groups in total. The first-order valence-corrected chi connectivity index (χ1v) is 7.53. The molecule has 0 heterocycles. The molecule has 0 saturated heterocycles. The Morgan fingerprint density at radius 2 is 1.90 bits per heavy atom. The van der Waals surface area contributed by atoms with E-state index in [-0.39, 0.29) is 5.91 Å². The second-order valence-electron chi connectivity index (χ2n) is 5.50. The minimum absolute atomic E-state index is 0.165. The lowest BCUT2D eigenvalue weighted by Crippen LogP contribution is -2.33. The summed E-state index contributed by atoms with van der Waals surface area (Å²) < 4.78 is 0. The van der Waals surface area contributed by atoms with Gasteiger partial charge in [-0.1, -0.05) is 37.5 Å². The van der Waals surface area contributed by atoms with Gasteiger partial charge < -0.3 is 4.90 Å². The zero-order valence-electron chi connectivity index (χ0n) is 11.9. The Bertz CT molecular complexity index is 458. The van der Waals surface area contributed by atoms with E-state index in [1.54, 1.807) is 4.90 Å². The van der Waals surface area contributed by atoms with Gasteiger partial charge in [0.1, 0.15) is 0 Å². The normalized spacial score (nSPS) is 15.6. The van der Waals surface area contributed by atoms with Crippen LogP contribution in [0.5, 0.6) is 0 Å². The van der Waals surface area contributed by atoms with E-state index in [9.17, 15) is 4.79 Å². The van der Waals surface area contributed by atoms with Gasteiger partial charge in [0, 0.05) is 18.7 Å². The number of benzene rings is 1. The van der Waals surface area contributed by atoms with Crippen LogP contribution in [0.25, 0.3) is 0 Å². The molecule has 0 aliphatic heterocycles. The minimum atomic E-state index is 0.165. The van der Waals surface area contributed by atoms with E-state index >= 15 is 0 Å². The Hall–Kier alpha value is -1.82. The van der Waals surface area contributed by atoms with E-state index in [4.69, 9.17) is 5.26 Å². The first-order valence-electron chi connectivity index (χ1n) is 7.53. The molecule has 0 aromatic heterocycles. The molecule has 1 aliphatic rings. The Morgan fingerprint density at radius 1 is 1.20 bits per heavy atom. The molecule has 1 aromatic rings. The average Bonchev–Trinajstić information content (AvgIpc) is 2.50. The molecular formula is C17H22N2O. The van der Waals surface area contributed by atoms with Crippen molar-refractivity contribution in [1.29, 1.82) is 5.26 Å². The van der Waals surface area contributed by atoms with Crippen molar-refractivity contribution < 1.29 is 4.79 Å². The Labute approximate surface area is 121 Å². The van der Waals surface area contributed by atoms with Crippen LogP contribution in [0, 0.1) is 17.2 Å². The van der Waals surface area contributed by atoms with Crippen LogP contribution in [0.4, 0.5) is 5.69 Å². The van der Waals surface area contributed by atoms with Gasteiger partial charge >= 0.3 is 0 Å². The number of nitrogens with zero attached hydrogens (tertiary/aromatic N) is 2. The van der Waals surface area contributed by atoms with Crippen LogP contribution in [-0.2, 0) is 4.79 Å². The summed E-state index contributed by atoms with van der Waals surface area (Å²) in [5, 5.41) is 8.78. The lowest BCUT2D eigenvalue weighted by Gasteiger charge is -2.26. The number of carbonyl (C=O) groups is 1. The SMILES string of the molecule is N#CCCN(C(=O)CC1CCCCC1)c1ccccc1. The van der Waals surface area contributed by atoms with Crippen molar-refractivity contribution in [3.63, 3.8) is 0 Å². The van der Waals surface area contributed by atoms with E-state index in [1.165, 1.54) is 32.1 Å². The number of carbonyl (C=O) groups excluding carboxylic acids is 1. The monoisotopic (exact) mass is 270 g/mol. The van der Waals surface area contributed by atoms with Gasteiger partial charge in [0.2, 0.25) is 5.91 Å². The van der Waals surface area contributed by atoms with Crippen molar-refractivity contribution >= 4 is 11.6 Å². The third-order valence-electron chi connectivity index (χ3n) is 4.00. The number of para-hydroxylation sites is 1. The van der Waals surface area contributed by atoms with Gasteiger partial charge in [0.25, 0.3) is 0 Å². The standard InChI is InChI=1S/C17H22N2O/c18-12-7-13-19(16-10-5-2-6-11-16)17(20)14-15-8-3-1-4-9-15/h2,5-6,10-11,15H,1,3-4,7-9,13-14H2. The van der Waals surface area contributed by atoms with Gasteiger partial charge in [0.05, 0.1) is 12.5 Å². The van der Waals surface area contributed by atoms with Crippen LogP contribution >= 0.6 is 0 Å². The van der Waals surface area contributed by atoms with Crippen molar-refractivity contribution in [1.82, 2.24) is 0 Å². The highest BCUT2D eigenvalue weighted by Gasteiger charge is 2.21. The molecule has 0 radical (unpaired) electrons. The summed E-state index contributed by atoms with van der Waals surface area (Å²) in [4.78, 5) is 14.3. The fourth-order valence-electron chi connectivity index (χ4n) is 2.92. The lowest BCUT2D eigenvalue weighted by atomic mass is 9.86. The second-order valence-corrected chi connectivity index (χ2v) is 5.50. The highest BCUT2D eigenvalue weighted by molar-refractivity contribution is 5.93. The van der Waals surface area contributed by atoms with Gasteiger partial charge in [-0.25, -0.2) is 0 Å². The van der Waals surface area contributed by atoms with Gasteiger partial charge in [-0.2, -0.15) is 5.26 Å². The van der Waals surface area contributed by atoms with E-state index in [2.05, 4.69) is 6.07 Å². The summed E-state index contributed by atoms with van der Waals surface area (Å²) in [5.41, 5.74) is 0.906. The topological polar surface area (TPSA) is 44.1 Å². The molecule has 1 aromatic carbocycles. The molecule has 0 atom stereocenters. The van der Waals surface area contributed by atoms with Crippen LogP contribution in [0.3, 0.4) is 0 Å². The molecule has 3 nitrogen and oxygen atoms in total. The van der Waals surface area contributed by atoms with Gasteiger partial charge in [-0.15, -0.1) is 0 Å². The summed E-state index contributed by atoms with van der Waals surface area (Å²) in [6.45, 7) is 0.492. The summed E-state index contributed by atoms with van der Waals surface area (Å²) in [6.07, 6.45) is 7.16. The number of nitriles is 1. The highest BCUT2D eigenvalue weighted by atomic mass is 16.2. The molecule has 0 bridgehead atoms. The average molecular weight is 270 g/mol. The summed E-state index contributed by atoms with van der Waals surface area (Å²) >= 11 is 0. The maximum absolute atomic E-state index is 12.5. The third kappa shape index (κ3) is 4.09. The number of amides is 1. The molecule has 0 unspecified atom stereocenters. The maximum Gasteiger partial charge on any atom is 0.227 e. The highest BCUT2D eigenvalue weighted by Crippen LogP contribution is 2.27. The molecule has 1 fully saturated rings. The van der Waals surface area contributed by atoms with Crippen LogP contribution < -0.4 is 4.90 Å². The largest absolute Gasteiger partial charge is 0.311 e. The van der Waals surface area contributed by atoms with Gasteiger partial charge in [-0.3, -0.25) is 4.79 Å². The fraction of sp³-hybridized carbons (Fsp3) is 0.529. The Kier molecular flexibility index (Phi) is 5.61. The number of hydrogen-bond donors (Lipinski definition) is 0. The van der Waals surface area contributed by atoms with E-state index in [0.717, 1.165) is 5.69 Å². The molecule has 1 amide bonds. The zero-order valence-corrected chi connectivity index (χ0v) is 11.9. The quantitative estimate of drug-likeness (QED) is 0.814. The van der Waals surface area contributed by atoms with Crippen LogP contribution in [0.2, 0.25) is 0 Å². The number of hydrogen-bond acceptors (Lipinski definition) is 2. The van der Waals surface area contributed by atoms with Crippen LogP contribution in [0.15, 0.2) is 30.3 Å². The molecule has 3 heteroatoms. The third-order valence-corrected chi connectivity index (χ3v) is 4.00. The van der Waals surface area contributed by atoms with Crippen molar-refractivity contribution in [2.75, 3.05) is 11.4 Å². The van der Waals surface area contributed by atoms with Crippen LogP contribution in [0.1, 0.15) is 44.9 Å².